The maximum atomic E-state index is 2.68. The van der Waals surface area contributed by atoms with E-state index in [1.165, 1.54) is 24.0 Å². The van der Waals surface area contributed by atoms with Gasteiger partial charge in [-0.15, -0.1) is 11.8 Å². The van der Waals surface area contributed by atoms with Crippen LogP contribution in [0.3, 0.4) is 0 Å². The highest BCUT2D eigenvalue weighted by molar-refractivity contribution is 5.02. The van der Waals surface area contributed by atoms with E-state index < -0.39 is 0 Å². The maximum Gasteiger partial charge on any atom is -0.00271 e. The van der Waals surface area contributed by atoms with Crippen LogP contribution in [0.5, 0.6) is 0 Å². The van der Waals surface area contributed by atoms with Crippen LogP contribution in [0.1, 0.15) is 82.1 Å². The first-order valence-corrected chi connectivity index (χ1v) is 6.62. The fraction of sp³-hybridized carbons (Fsp3) is 0.765. The zero-order valence-electron chi connectivity index (χ0n) is 13.9. The minimum Gasteiger partial charge on any atom is -0.107 e. The molecule has 0 spiro atoms. The van der Waals surface area contributed by atoms with Crippen LogP contribution in [0.25, 0.3) is 0 Å². The van der Waals surface area contributed by atoms with Gasteiger partial charge in [0.15, 0.2) is 0 Å². The van der Waals surface area contributed by atoms with Crippen molar-refractivity contribution in [2.24, 2.45) is 5.41 Å². The Morgan fingerprint density at radius 1 is 0.765 bits per heavy atom. The van der Waals surface area contributed by atoms with Crippen molar-refractivity contribution >= 4 is 0 Å². The van der Waals surface area contributed by atoms with Gasteiger partial charge in [0.05, 0.1) is 0 Å². The maximum absolute atomic E-state index is 2.68. The first-order chi connectivity index (χ1) is 7.68. The molecule has 0 heteroatoms. The van der Waals surface area contributed by atoms with Gasteiger partial charge < -0.3 is 0 Å². The van der Waals surface area contributed by atoms with E-state index in [9.17, 15) is 0 Å². The molecule has 0 rings (SSSR count). The molecule has 0 radical (unpaired) electrons. The molecule has 0 saturated heterocycles. The summed E-state index contributed by atoms with van der Waals surface area (Å²) >= 11 is 0. The van der Waals surface area contributed by atoms with Gasteiger partial charge in [-0.3, -0.25) is 0 Å². The molecule has 0 aliphatic carbocycles. The molecular weight excluding hydrogens is 204 g/mol. The molecule has 0 atom stereocenters. The van der Waals surface area contributed by atoms with Crippen molar-refractivity contribution in [3.05, 3.63) is 11.1 Å². The molecule has 0 aromatic rings. The Balaban J connectivity index is -0.000000180. The van der Waals surface area contributed by atoms with Crippen molar-refractivity contribution in [3.63, 3.8) is 0 Å². The van der Waals surface area contributed by atoms with Crippen molar-refractivity contribution in [3.8, 4) is 11.8 Å². The van der Waals surface area contributed by atoms with Crippen LogP contribution in [0.2, 0.25) is 0 Å². The Morgan fingerprint density at radius 2 is 1.00 bits per heavy atom. The lowest BCUT2D eigenvalue weighted by molar-refractivity contribution is 0.338. The zero-order valence-corrected chi connectivity index (χ0v) is 13.9. The van der Waals surface area contributed by atoms with E-state index in [1.54, 1.807) is 0 Å². The number of rotatable bonds is 2. The van der Waals surface area contributed by atoms with E-state index in [2.05, 4.69) is 67.2 Å². The number of hydrogen-bond acceptors (Lipinski definition) is 0. The summed E-state index contributed by atoms with van der Waals surface area (Å²) in [5.41, 5.74) is 3.44. The Labute approximate surface area is 111 Å². The van der Waals surface area contributed by atoms with Crippen LogP contribution in [0.4, 0.5) is 0 Å². The molecule has 0 aliphatic heterocycles. The van der Waals surface area contributed by atoms with E-state index in [4.69, 9.17) is 0 Å². The lowest BCUT2D eigenvalue weighted by Gasteiger charge is -2.18. The molecule has 0 aliphatic rings. The van der Waals surface area contributed by atoms with Gasteiger partial charge in [-0.2, -0.15) is 0 Å². The second kappa shape index (κ2) is 13.4. The van der Waals surface area contributed by atoms with Crippen LogP contribution in [-0.4, -0.2) is 0 Å². The predicted octanol–water partition coefficient (Wildman–Crippen LogP) is 6.22. The van der Waals surface area contributed by atoms with Gasteiger partial charge in [-0.25, -0.2) is 0 Å². The average molecular weight is 238 g/mol. The summed E-state index contributed by atoms with van der Waals surface area (Å²) in [7, 11) is 0. The average Bonchev–Trinajstić information content (AvgIpc) is 2.30. The quantitative estimate of drug-likeness (QED) is 0.395. The first kappa shape index (κ1) is 21.6. The fourth-order valence-electron chi connectivity index (χ4n) is 0.250. The summed E-state index contributed by atoms with van der Waals surface area (Å²) in [6.45, 7) is 21.2. The fourth-order valence-corrected chi connectivity index (χ4v) is 0.250. The van der Waals surface area contributed by atoms with Crippen molar-refractivity contribution in [1.29, 1.82) is 0 Å². The van der Waals surface area contributed by atoms with E-state index in [0.29, 0.717) is 5.41 Å². The summed E-state index contributed by atoms with van der Waals surface area (Å²) < 4.78 is 0. The molecule has 0 nitrogen and oxygen atoms in total. The standard InChI is InChI=1S/C7H16.C6H12.C4H6/c1-5-7(3,4)6-2;1-5(2)6(3)4;1-3-4-2/h5-6H2,1-4H3;1-4H3;1-2H3. The SMILES string of the molecule is CC#CC.CC(C)=C(C)C.CCC(C)(C)CC. The van der Waals surface area contributed by atoms with E-state index in [1.807, 2.05) is 13.8 Å². The number of allylic oxidation sites excluding steroid dienone is 2. The van der Waals surface area contributed by atoms with Crippen LogP contribution in [0.15, 0.2) is 11.1 Å². The van der Waals surface area contributed by atoms with Gasteiger partial charge in [0, 0.05) is 0 Å². The Morgan fingerprint density at radius 3 is 1.00 bits per heavy atom. The van der Waals surface area contributed by atoms with Gasteiger partial charge in [0.2, 0.25) is 0 Å². The van der Waals surface area contributed by atoms with Crippen molar-refractivity contribution in [1.82, 2.24) is 0 Å². The van der Waals surface area contributed by atoms with E-state index in [-0.39, 0.29) is 0 Å². The number of hydrogen-bond donors (Lipinski definition) is 0. The Hall–Kier alpha value is -0.700. The normalized spacial score (nSPS) is 8.59. The zero-order chi connectivity index (χ0) is 14.5. The highest BCUT2D eigenvalue weighted by atomic mass is 14.1. The second-order valence-corrected chi connectivity index (χ2v) is 5.37. The molecule has 0 aromatic carbocycles. The molecule has 0 N–H and O–H groups in total. The summed E-state index contributed by atoms with van der Waals surface area (Å²) in [6.07, 6.45) is 2.59. The molecular formula is C17H34. The monoisotopic (exact) mass is 238 g/mol. The van der Waals surface area contributed by atoms with Crippen LogP contribution in [-0.2, 0) is 0 Å². The Bertz CT molecular complexity index is 213. The summed E-state index contributed by atoms with van der Waals surface area (Å²) in [6, 6.07) is 0. The third kappa shape index (κ3) is 25.5. The van der Waals surface area contributed by atoms with Crippen molar-refractivity contribution < 1.29 is 0 Å². The third-order valence-electron chi connectivity index (χ3n) is 3.16. The molecule has 0 unspecified atom stereocenters. The molecule has 0 amide bonds. The first-order valence-electron chi connectivity index (χ1n) is 6.62. The summed E-state index contributed by atoms with van der Waals surface area (Å²) in [4.78, 5) is 0. The minimum atomic E-state index is 0.583. The highest BCUT2D eigenvalue weighted by Crippen LogP contribution is 2.22. The molecule has 0 fully saturated rings. The van der Waals surface area contributed by atoms with Gasteiger partial charge in [0.25, 0.3) is 0 Å². The minimum absolute atomic E-state index is 0.583. The van der Waals surface area contributed by atoms with Gasteiger partial charge in [-0.1, -0.05) is 51.7 Å². The van der Waals surface area contributed by atoms with Crippen LogP contribution < -0.4 is 0 Å². The van der Waals surface area contributed by atoms with E-state index >= 15 is 0 Å². The molecule has 0 bridgehead atoms. The summed E-state index contributed by atoms with van der Waals surface area (Å²) in [5.74, 6) is 5.36. The van der Waals surface area contributed by atoms with Gasteiger partial charge in [-0.05, 0) is 47.0 Å². The highest BCUT2D eigenvalue weighted by Gasteiger charge is 2.09. The van der Waals surface area contributed by atoms with Crippen molar-refractivity contribution in [2.45, 2.75) is 82.1 Å². The molecule has 0 saturated carbocycles. The van der Waals surface area contributed by atoms with E-state index in [0.717, 1.165) is 0 Å². The molecule has 0 aromatic heterocycles. The van der Waals surface area contributed by atoms with Gasteiger partial charge >= 0.3 is 0 Å². The lowest BCUT2D eigenvalue weighted by atomic mass is 9.88. The smallest absolute Gasteiger partial charge is 0.00271 e. The molecule has 0 heterocycles. The Kier molecular flexibility index (Phi) is 17.0. The second-order valence-electron chi connectivity index (χ2n) is 5.37. The molecule has 17 heavy (non-hydrogen) atoms. The largest absolute Gasteiger partial charge is 0.107 e. The van der Waals surface area contributed by atoms with Crippen molar-refractivity contribution in [2.75, 3.05) is 0 Å². The van der Waals surface area contributed by atoms with Crippen LogP contribution >= 0.6 is 0 Å². The van der Waals surface area contributed by atoms with Crippen LogP contribution in [0, 0.1) is 17.3 Å². The lowest BCUT2D eigenvalue weighted by Crippen LogP contribution is -2.05. The summed E-state index contributed by atoms with van der Waals surface area (Å²) in [5, 5.41) is 0. The van der Waals surface area contributed by atoms with Gasteiger partial charge in [0.1, 0.15) is 0 Å². The molecule has 102 valence electrons. The topological polar surface area (TPSA) is 0 Å². The third-order valence-corrected chi connectivity index (χ3v) is 3.16. The predicted molar refractivity (Wildman–Crippen MR) is 83.2 cm³/mol.